The van der Waals surface area contributed by atoms with Gasteiger partial charge in [-0.25, -0.2) is 0 Å². The van der Waals surface area contributed by atoms with Crippen LogP contribution in [0, 0.1) is 0 Å². The summed E-state index contributed by atoms with van der Waals surface area (Å²) in [6.45, 7) is 0.0252. The fourth-order valence-electron chi connectivity index (χ4n) is 3.88. The minimum absolute atomic E-state index is 0.0252. The molecule has 112 valence electrons. The first-order valence-corrected chi connectivity index (χ1v) is 8.56. The van der Waals surface area contributed by atoms with Crippen LogP contribution in [-0.2, 0) is 6.61 Å². The van der Waals surface area contributed by atoms with E-state index in [9.17, 15) is 5.11 Å². The Morgan fingerprint density at radius 2 is 1.60 bits per heavy atom. The largest absolute Gasteiger partial charge is 0.391 e. The summed E-state index contributed by atoms with van der Waals surface area (Å²) in [6.07, 6.45) is 12.5. The molecule has 20 heavy (non-hydrogen) atoms. The van der Waals surface area contributed by atoms with E-state index in [1.807, 2.05) is 4.68 Å². The highest BCUT2D eigenvalue weighted by Gasteiger charge is 2.28. The highest BCUT2D eigenvalue weighted by Crippen LogP contribution is 2.39. The Bertz CT molecular complexity index is 444. The van der Waals surface area contributed by atoms with Gasteiger partial charge in [-0.1, -0.05) is 50.1 Å². The van der Waals surface area contributed by atoms with Crippen molar-refractivity contribution >= 4 is 11.6 Å². The van der Waals surface area contributed by atoms with Gasteiger partial charge in [0, 0.05) is 11.5 Å². The predicted molar refractivity (Wildman–Crippen MR) is 81.1 cm³/mol. The van der Waals surface area contributed by atoms with Gasteiger partial charge < -0.3 is 5.11 Å². The second-order valence-corrected chi connectivity index (χ2v) is 6.74. The zero-order chi connectivity index (χ0) is 13.9. The number of aliphatic hydroxyl groups is 1. The SMILES string of the molecule is OCc1c(C2CCCC2)nn(C2CCCCCC2)c1Cl. The fourth-order valence-corrected chi connectivity index (χ4v) is 4.21. The maximum Gasteiger partial charge on any atom is 0.133 e. The average Bonchev–Trinajstić information content (AvgIpc) is 3.00. The lowest BCUT2D eigenvalue weighted by molar-refractivity contribution is 0.279. The number of hydrogen-bond donors (Lipinski definition) is 1. The molecule has 0 bridgehead atoms. The van der Waals surface area contributed by atoms with Gasteiger partial charge in [-0.15, -0.1) is 0 Å². The summed E-state index contributed by atoms with van der Waals surface area (Å²) in [5.74, 6) is 0.515. The molecule has 2 aliphatic rings. The summed E-state index contributed by atoms with van der Waals surface area (Å²) in [7, 11) is 0. The third-order valence-electron chi connectivity index (χ3n) is 5.05. The van der Waals surface area contributed by atoms with Crippen LogP contribution in [0.25, 0.3) is 0 Å². The van der Waals surface area contributed by atoms with Crippen LogP contribution in [0.1, 0.15) is 87.4 Å². The van der Waals surface area contributed by atoms with E-state index in [-0.39, 0.29) is 6.61 Å². The van der Waals surface area contributed by atoms with E-state index in [1.54, 1.807) is 0 Å². The van der Waals surface area contributed by atoms with Crippen molar-refractivity contribution in [2.75, 3.05) is 0 Å². The number of hydrogen-bond acceptors (Lipinski definition) is 2. The topological polar surface area (TPSA) is 38.1 Å². The summed E-state index contributed by atoms with van der Waals surface area (Å²) in [4.78, 5) is 0. The van der Waals surface area contributed by atoms with E-state index >= 15 is 0 Å². The van der Waals surface area contributed by atoms with Gasteiger partial charge in [0.05, 0.1) is 18.3 Å². The van der Waals surface area contributed by atoms with Crippen molar-refractivity contribution < 1.29 is 5.11 Å². The molecule has 1 aromatic heterocycles. The van der Waals surface area contributed by atoms with E-state index in [0.717, 1.165) is 11.3 Å². The van der Waals surface area contributed by atoms with Gasteiger partial charge in [-0.05, 0) is 25.7 Å². The molecule has 1 heterocycles. The summed E-state index contributed by atoms with van der Waals surface area (Å²) in [6, 6.07) is 0.436. The molecule has 1 N–H and O–H groups in total. The number of halogens is 1. The summed E-state index contributed by atoms with van der Waals surface area (Å²) in [5, 5.41) is 15.2. The second-order valence-electron chi connectivity index (χ2n) is 6.38. The number of rotatable bonds is 3. The van der Waals surface area contributed by atoms with Crippen LogP contribution in [0.2, 0.25) is 5.15 Å². The van der Waals surface area contributed by atoms with E-state index < -0.39 is 0 Å². The molecule has 2 saturated carbocycles. The zero-order valence-corrected chi connectivity index (χ0v) is 12.9. The molecular formula is C16H25ClN2O. The lowest BCUT2D eigenvalue weighted by Crippen LogP contribution is -2.10. The molecule has 0 unspecified atom stereocenters. The van der Waals surface area contributed by atoms with Gasteiger partial charge in [0.15, 0.2) is 0 Å². The van der Waals surface area contributed by atoms with Crippen molar-refractivity contribution in [3.63, 3.8) is 0 Å². The molecule has 0 aliphatic heterocycles. The van der Waals surface area contributed by atoms with Crippen LogP contribution in [0.3, 0.4) is 0 Å². The Balaban J connectivity index is 1.90. The first-order chi connectivity index (χ1) is 9.81. The number of nitrogens with zero attached hydrogens (tertiary/aromatic N) is 2. The molecule has 2 aliphatic carbocycles. The van der Waals surface area contributed by atoms with E-state index in [2.05, 4.69) is 0 Å². The first kappa shape index (κ1) is 14.4. The molecule has 0 saturated heterocycles. The molecule has 1 aromatic rings. The molecule has 0 aromatic carbocycles. The molecule has 3 nitrogen and oxygen atoms in total. The Morgan fingerprint density at radius 3 is 2.20 bits per heavy atom. The van der Waals surface area contributed by atoms with Gasteiger partial charge in [0.1, 0.15) is 5.15 Å². The molecule has 0 radical (unpaired) electrons. The lowest BCUT2D eigenvalue weighted by atomic mass is 10.0. The van der Waals surface area contributed by atoms with Crippen LogP contribution < -0.4 is 0 Å². The van der Waals surface area contributed by atoms with Crippen molar-refractivity contribution in [2.45, 2.75) is 82.8 Å². The van der Waals surface area contributed by atoms with Crippen LogP contribution in [0.5, 0.6) is 0 Å². The Kier molecular flexibility index (Phi) is 4.67. The minimum atomic E-state index is 0.0252. The van der Waals surface area contributed by atoms with Crippen molar-refractivity contribution in [3.05, 3.63) is 16.4 Å². The van der Waals surface area contributed by atoms with E-state index in [1.165, 1.54) is 64.2 Å². The van der Waals surface area contributed by atoms with E-state index in [4.69, 9.17) is 16.7 Å². The smallest absolute Gasteiger partial charge is 0.133 e. The van der Waals surface area contributed by atoms with Crippen molar-refractivity contribution in [1.82, 2.24) is 9.78 Å². The van der Waals surface area contributed by atoms with Gasteiger partial charge in [-0.2, -0.15) is 5.10 Å². The maximum atomic E-state index is 9.69. The zero-order valence-electron chi connectivity index (χ0n) is 12.2. The maximum absolute atomic E-state index is 9.69. The Morgan fingerprint density at radius 1 is 1.00 bits per heavy atom. The Labute approximate surface area is 126 Å². The van der Waals surface area contributed by atoms with Crippen LogP contribution in [0.4, 0.5) is 0 Å². The van der Waals surface area contributed by atoms with Crippen molar-refractivity contribution in [1.29, 1.82) is 0 Å². The molecular weight excluding hydrogens is 272 g/mol. The van der Waals surface area contributed by atoms with E-state index in [0.29, 0.717) is 17.1 Å². The van der Waals surface area contributed by atoms with Crippen LogP contribution in [-0.4, -0.2) is 14.9 Å². The Hall–Kier alpha value is -0.540. The number of aliphatic hydroxyl groups excluding tert-OH is 1. The first-order valence-electron chi connectivity index (χ1n) is 8.19. The molecule has 3 rings (SSSR count). The van der Waals surface area contributed by atoms with Gasteiger partial charge in [0.2, 0.25) is 0 Å². The normalized spacial score (nSPS) is 22.3. The molecule has 0 atom stereocenters. The second kappa shape index (κ2) is 6.48. The molecule has 2 fully saturated rings. The molecule has 0 amide bonds. The highest BCUT2D eigenvalue weighted by molar-refractivity contribution is 6.30. The quantitative estimate of drug-likeness (QED) is 0.829. The van der Waals surface area contributed by atoms with Crippen LogP contribution >= 0.6 is 11.6 Å². The molecule has 4 heteroatoms. The van der Waals surface area contributed by atoms with Crippen LogP contribution in [0.15, 0.2) is 0 Å². The predicted octanol–water partition coefficient (Wildman–Crippen LogP) is 4.58. The molecule has 0 spiro atoms. The highest BCUT2D eigenvalue weighted by atomic mass is 35.5. The average molecular weight is 297 g/mol. The lowest BCUT2D eigenvalue weighted by Gasteiger charge is -2.16. The summed E-state index contributed by atoms with van der Waals surface area (Å²) in [5.41, 5.74) is 1.97. The fraction of sp³-hybridized carbons (Fsp3) is 0.812. The third kappa shape index (κ3) is 2.75. The van der Waals surface area contributed by atoms with Gasteiger partial charge in [0.25, 0.3) is 0 Å². The monoisotopic (exact) mass is 296 g/mol. The minimum Gasteiger partial charge on any atom is -0.391 e. The summed E-state index contributed by atoms with van der Waals surface area (Å²) >= 11 is 6.54. The van der Waals surface area contributed by atoms with Crippen molar-refractivity contribution in [2.24, 2.45) is 0 Å². The van der Waals surface area contributed by atoms with Crippen molar-refractivity contribution in [3.8, 4) is 0 Å². The number of aromatic nitrogens is 2. The van der Waals surface area contributed by atoms with Gasteiger partial charge >= 0.3 is 0 Å². The van der Waals surface area contributed by atoms with Gasteiger partial charge in [-0.3, -0.25) is 4.68 Å². The standard InChI is InChI=1S/C16H25ClN2O/c17-16-14(11-20)15(12-7-5-6-8-12)18-19(16)13-9-3-1-2-4-10-13/h12-13,20H,1-11H2. The summed E-state index contributed by atoms with van der Waals surface area (Å²) < 4.78 is 2.03. The third-order valence-corrected chi connectivity index (χ3v) is 5.45.